The zero-order valence-electron chi connectivity index (χ0n) is 13.1. The number of halogens is 1. The number of hydrogen-bond acceptors (Lipinski definition) is 5. The smallest absolute Gasteiger partial charge is 0.250 e. The quantitative estimate of drug-likeness (QED) is 0.772. The highest BCUT2D eigenvalue weighted by molar-refractivity contribution is 6.29. The van der Waals surface area contributed by atoms with Crippen LogP contribution in [0.2, 0.25) is 5.15 Å². The van der Waals surface area contributed by atoms with Crippen LogP contribution in [0.1, 0.15) is 6.42 Å². The Morgan fingerprint density at radius 3 is 2.67 bits per heavy atom. The van der Waals surface area contributed by atoms with Gasteiger partial charge in [-0.3, -0.25) is 9.59 Å². The Hall–Kier alpha value is -2.41. The van der Waals surface area contributed by atoms with Crippen LogP contribution < -0.4 is 10.5 Å². The van der Waals surface area contributed by atoms with Crippen molar-refractivity contribution in [2.75, 3.05) is 31.1 Å². The average molecular weight is 348 g/mol. The molecule has 8 heteroatoms. The standard InChI is InChI=1S/C16H18ClN5O2/c17-13-11-14(19-12-18-13)20-7-9-22(10-8-20)16(24)4-6-21-5-2-1-3-15(21)23/h1-3,5,11-12H,4,6-10H2. The second-order valence-electron chi connectivity index (χ2n) is 5.55. The summed E-state index contributed by atoms with van der Waals surface area (Å²) in [5.74, 6) is 0.837. The Morgan fingerprint density at radius 1 is 1.17 bits per heavy atom. The molecule has 1 aliphatic heterocycles. The lowest BCUT2D eigenvalue weighted by Gasteiger charge is -2.35. The summed E-state index contributed by atoms with van der Waals surface area (Å²) in [5.41, 5.74) is -0.0873. The molecule has 0 N–H and O–H groups in total. The van der Waals surface area contributed by atoms with Gasteiger partial charge in [0.1, 0.15) is 17.3 Å². The molecular weight excluding hydrogens is 330 g/mol. The van der Waals surface area contributed by atoms with Gasteiger partial charge in [-0.05, 0) is 6.07 Å². The zero-order valence-corrected chi connectivity index (χ0v) is 13.9. The first-order chi connectivity index (χ1) is 11.6. The lowest BCUT2D eigenvalue weighted by molar-refractivity contribution is -0.131. The van der Waals surface area contributed by atoms with Crippen LogP contribution >= 0.6 is 11.6 Å². The lowest BCUT2D eigenvalue weighted by Crippen LogP contribution is -2.49. The molecule has 7 nitrogen and oxygen atoms in total. The third-order valence-corrected chi connectivity index (χ3v) is 4.25. The Balaban J connectivity index is 1.52. The summed E-state index contributed by atoms with van der Waals surface area (Å²) < 4.78 is 1.55. The van der Waals surface area contributed by atoms with E-state index in [-0.39, 0.29) is 11.5 Å². The number of nitrogens with zero attached hydrogens (tertiary/aromatic N) is 5. The summed E-state index contributed by atoms with van der Waals surface area (Å²) in [4.78, 5) is 36.0. The summed E-state index contributed by atoms with van der Waals surface area (Å²) >= 11 is 5.89. The van der Waals surface area contributed by atoms with Crippen molar-refractivity contribution in [2.24, 2.45) is 0 Å². The molecular formula is C16H18ClN5O2. The number of rotatable bonds is 4. The molecule has 0 unspecified atom stereocenters. The number of amides is 1. The Bertz CT molecular complexity index is 771. The molecule has 0 atom stereocenters. The van der Waals surface area contributed by atoms with E-state index < -0.39 is 0 Å². The number of hydrogen-bond donors (Lipinski definition) is 0. The highest BCUT2D eigenvalue weighted by Crippen LogP contribution is 2.16. The topological polar surface area (TPSA) is 71.3 Å². The molecule has 1 amide bonds. The molecule has 0 aliphatic carbocycles. The molecule has 24 heavy (non-hydrogen) atoms. The maximum Gasteiger partial charge on any atom is 0.250 e. The third kappa shape index (κ3) is 3.91. The Labute approximate surface area is 144 Å². The van der Waals surface area contributed by atoms with Gasteiger partial charge in [-0.15, -0.1) is 0 Å². The summed E-state index contributed by atoms with van der Waals surface area (Å²) in [6.07, 6.45) is 3.46. The van der Waals surface area contributed by atoms with Gasteiger partial charge in [0.05, 0.1) is 0 Å². The first-order valence-electron chi connectivity index (χ1n) is 7.79. The van der Waals surface area contributed by atoms with Crippen LogP contribution in [0.3, 0.4) is 0 Å². The predicted octanol–water partition coefficient (Wildman–Crippen LogP) is 1.03. The summed E-state index contributed by atoms with van der Waals surface area (Å²) in [7, 11) is 0. The van der Waals surface area contributed by atoms with E-state index in [9.17, 15) is 9.59 Å². The largest absolute Gasteiger partial charge is 0.353 e. The number of carbonyl (C=O) groups is 1. The van der Waals surface area contributed by atoms with Gasteiger partial charge in [-0.2, -0.15) is 0 Å². The fourth-order valence-electron chi connectivity index (χ4n) is 2.70. The monoisotopic (exact) mass is 347 g/mol. The van der Waals surface area contributed by atoms with E-state index in [1.165, 1.54) is 12.4 Å². The van der Waals surface area contributed by atoms with Crippen molar-refractivity contribution in [3.8, 4) is 0 Å². The molecule has 3 rings (SSSR count). The minimum absolute atomic E-state index is 0.0612. The van der Waals surface area contributed by atoms with Crippen molar-refractivity contribution in [1.29, 1.82) is 0 Å². The van der Waals surface area contributed by atoms with Gasteiger partial charge in [-0.25, -0.2) is 9.97 Å². The molecule has 0 bridgehead atoms. The number of aromatic nitrogens is 3. The minimum Gasteiger partial charge on any atom is -0.353 e. The molecule has 1 aliphatic rings. The Kier molecular flexibility index (Phi) is 5.10. The number of anilines is 1. The number of pyridine rings is 1. The van der Waals surface area contributed by atoms with Crippen molar-refractivity contribution < 1.29 is 4.79 Å². The van der Waals surface area contributed by atoms with Crippen molar-refractivity contribution in [3.05, 3.63) is 52.3 Å². The summed E-state index contributed by atoms with van der Waals surface area (Å²) in [6.45, 7) is 3.06. The maximum absolute atomic E-state index is 12.3. The van der Waals surface area contributed by atoms with Crippen LogP contribution in [-0.4, -0.2) is 51.5 Å². The fraction of sp³-hybridized carbons (Fsp3) is 0.375. The van der Waals surface area contributed by atoms with Gasteiger partial charge < -0.3 is 14.4 Å². The number of piperazine rings is 1. The van der Waals surface area contributed by atoms with Crippen molar-refractivity contribution >= 4 is 23.3 Å². The average Bonchev–Trinajstić information content (AvgIpc) is 2.61. The number of carbonyl (C=O) groups excluding carboxylic acids is 1. The molecule has 2 aromatic rings. The predicted molar refractivity (Wildman–Crippen MR) is 91.2 cm³/mol. The van der Waals surface area contributed by atoms with Crippen LogP contribution in [-0.2, 0) is 11.3 Å². The van der Waals surface area contributed by atoms with E-state index in [0.717, 1.165) is 5.82 Å². The van der Waals surface area contributed by atoms with Crippen molar-refractivity contribution in [1.82, 2.24) is 19.4 Å². The first kappa shape index (κ1) is 16.4. The van der Waals surface area contributed by atoms with Gasteiger partial charge in [0.15, 0.2) is 0 Å². The second kappa shape index (κ2) is 7.44. The molecule has 0 saturated carbocycles. The molecule has 0 radical (unpaired) electrons. The normalized spacial score (nSPS) is 14.7. The van der Waals surface area contributed by atoms with E-state index >= 15 is 0 Å². The highest BCUT2D eigenvalue weighted by Gasteiger charge is 2.21. The zero-order chi connectivity index (χ0) is 16.9. The van der Waals surface area contributed by atoms with Crippen LogP contribution in [0.25, 0.3) is 0 Å². The molecule has 2 aromatic heterocycles. The Morgan fingerprint density at radius 2 is 1.96 bits per heavy atom. The van der Waals surface area contributed by atoms with Gasteiger partial charge in [0, 0.05) is 57.5 Å². The van der Waals surface area contributed by atoms with Crippen LogP contribution in [0, 0.1) is 0 Å². The SMILES string of the molecule is O=C(CCn1ccccc1=O)N1CCN(c2cc(Cl)ncn2)CC1. The van der Waals surface area contributed by atoms with Crippen LogP contribution in [0.4, 0.5) is 5.82 Å². The van der Waals surface area contributed by atoms with Crippen molar-refractivity contribution in [2.45, 2.75) is 13.0 Å². The second-order valence-corrected chi connectivity index (χ2v) is 5.94. The molecule has 0 aromatic carbocycles. The van der Waals surface area contributed by atoms with Crippen molar-refractivity contribution in [3.63, 3.8) is 0 Å². The summed E-state index contributed by atoms with van der Waals surface area (Å²) in [5, 5.41) is 0.409. The molecule has 1 fully saturated rings. The van der Waals surface area contributed by atoms with E-state index in [1.54, 1.807) is 29.0 Å². The van der Waals surface area contributed by atoms with Crippen LogP contribution in [0.15, 0.2) is 41.6 Å². The van der Waals surface area contributed by atoms with Gasteiger partial charge in [0.25, 0.3) is 5.56 Å². The minimum atomic E-state index is -0.0873. The fourth-order valence-corrected chi connectivity index (χ4v) is 2.84. The molecule has 126 valence electrons. The van der Waals surface area contributed by atoms with Gasteiger partial charge in [-0.1, -0.05) is 17.7 Å². The maximum atomic E-state index is 12.3. The molecule has 3 heterocycles. The van der Waals surface area contributed by atoms with Gasteiger partial charge >= 0.3 is 0 Å². The van der Waals surface area contributed by atoms with E-state index in [0.29, 0.717) is 44.3 Å². The van der Waals surface area contributed by atoms with Gasteiger partial charge in [0.2, 0.25) is 5.91 Å². The third-order valence-electron chi connectivity index (χ3n) is 4.04. The molecule has 1 saturated heterocycles. The van der Waals surface area contributed by atoms with E-state index in [1.807, 2.05) is 4.90 Å². The first-order valence-corrected chi connectivity index (χ1v) is 8.17. The number of aryl methyl sites for hydroxylation is 1. The lowest BCUT2D eigenvalue weighted by atomic mass is 10.2. The summed E-state index contributed by atoms with van der Waals surface area (Å²) in [6, 6.07) is 6.70. The highest BCUT2D eigenvalue weighted by atomic mass is 35.5. The van der Waals surface area contributed by atoms with E-state index in [2.05, 4.69) is 14.9 Å². The molecule has 0 spiro atoms. The van der Waals surface area contributed by atoms with E-state index in [4.69, 9.17) is 11.6 Å². The van der Waals surface area contributed by atoms with Crippen LogP contribution in [0.5, 0.6) is 0 Å².